The van der Waals surface area contributed by atoms with Crippen LogP contribution in [0.25, 0.3) is 0 Å². The molecular weight excluding hydrogens is 160 g/mol. The molecule has 0 radical (unpaired) electrons. The van der Waals surface area contributed by atoms with Crippen LogP contribution in [0.3, 0.4) is 0 Å². The first-order valence-corrected chi connectivity index (χ1v) is 3.53. The molecule has 2 aliphatic rings. The molecule has 1 saturated heterocycles. The van der Waals surface area contributed by atoms with Gasteiger partial charge in [-0.15, -0.1) is 0 Å². The number of carbonyl (C=O) groups excluding carboxylic acids is 1. The summed E-state index contributed by atoms with van der Waals surface area (Å²) in [6.07, 6.45) is 0.887. The first-order valence-electron chi connectivity index (χ1n) is 3.53. The van der Waals surface area contributed by atoms with E-state index in [1.54, 1.807) is 6.08 Å². The van der Waals surface area contributed by atoms with Crippen LogP contribution in [-0.2, 0) is 9.47 Å². The first kappa shape index (κ1) is 6.98. The van der Waals surface area contributed by atoms with Crippen LogP contribution in [0, 0.1) is 11.3 Å². The van der Waals surface area contributed by atoms with Crippen molar-refractivity contribution in [2.45, 2.75) is 18.8 Å². The molecule has 1 amide bonds. The maximum absolute atomic E-state index is 10.7. The molecule has 2 rings (SSSR count). The lowest BCUT2D eigenvalue weighted by atomic mass is 10.2. The Morgan fingerprint density at radius 3 is 3.25 bits per heavy atom. The van der Waals surface area contributed by atoms with E-state index in [0.717, 1.165) is 0 Å². The largest absolute Gasteiger partial charge is 0.457 e. The van der Waals surface area contributed by atoms with E-state index in [0.29, 0.717) is 6.42 Å². The zero-order valence-corrected chi connectivity index (χ0v) is 6.11. The monoisotopic (exact) mass is 166 g/mol. The van der Waals surface area contributed by atoms with Gasteiger partial charge in [0.25, 0.3) is 0 Å². The van der Waals surface area contributed by atoms with Gasteiger partial charge in [-0.05, 0) is 6.08 Å². The Kier molecular flexibility index (Phi) is 1.40. The third kappa shape index (κ3) is 0.975. The normalized spacial score (nSPS) is 31.9. The fourth-order valence-electron chi connectivity index (χ4n) is 1.20. The van der Waals surface area contributed by atoms with E-state index in [1.807, 2.05) is 6.07 Å². The number of carbonyl (C=O) groups is 1. The maximum Gasteiger partial charge on any atom is 0.410 e. The lowest BCUT2D eigenvalue weighted by molar-refractivity contribution is 0.0237. The van der Waals surface area contributed by atoms with Crippen LogP contribution in [0.4, 0.5) is 4.79 Å². The number of nitriles is 1. The van der Waals surface area contributed by atoms with E-state index in [-0.39, 0.29) is 11.9 Å². The van der Waals surface area contributed by atoms with Gasteiger partial charge < -0.3 is 9.47 Å². The van der Waals surface area contributed by atoms with Crippen LogP contribution in [-0.4, -0.2) is 18.4 Å². The number of nitrogens with one attached hydrogen (secondary N) is 1. The zero-order chi connectivity index (χ0) is 8.55. The van der Waals surface area contributed by atoms with Gasteiger partial charge in [0, 0.05) is 6.42 Å². The van der Waals surface area contributed by atoms with E-state index in [2.05, 4.69) is 5.32 Å². The van der Waals surface area contributed by atoms with Crippen molar-refractivity contribution in [2.24, 2.45) is 0 Å². The molecule has 12 heavy (non-hydrogen) atoms. The minimum absolute atomic E-state index is 0.238. The second kappa shape index (κ2) is 2.41. The van der Waals surface area contributed by atoms with Gasteiger partial charge in [-0.2, -0.15) is 5.26 Å². The highest BCUT2D eigenvalue weighted by atomic mass is 16.6. The van der Waals surface area contributed by atoms with E-state index in [1.165, 1.54) is 0 Å². The quantitative estimate of drug-likeness (QED) is 0.559. The Balaban J connectivity index is 2.13. The van der Waals surface area contributed by atoms with Crippen LogP contribution in [0.15, 0.2) is 11.8 Å². The minimum Gasteiger partial charge on any atom is -0.457 e. The third-order valence-electron chi connectivity index (χ3n) is 1.76. The van der Waals surface area contributed by atoms with Crippen molar-refractivity contribution in [3.8, 4) is 6.07 Å². The van der Waals surface area contributed by atoms with Gasteiger partial charge in [-0.3, -0.25) is 5.32 Å². The summed E-state index contributed by atoms with van der Waals surface area (Å²) in [7, 11) is 0. The predicted molar refractivity (Wildman–Crippen MR) is 36.6 cm³/mol. The summed E-state index contributed by atoms with van der Waals surface area (Å²) in [5.74, 6) is 0.238. The molecule has 2 aliphatic heterocycles. The lowest BCUT2D eigenvalue weighted by Gasteiger charge is -2.20. The standard InChI is InChI=1S/C7H6N2O3/c8-3-4-1-2-5-6(11-4)9-7(10)12-5/h1,5-6H,2H2,(H,9,10)/t5-,6-/m1/s1. The van der Waals surface area contributed by atoms with E-state index in [4.69, 9.17) is 14.7 Å². The molecule has 0 saturated carbocycles. The second-order valence-electron chi connectivity index (χ2n) is 2.54. The first-order chi connectivity index (χ1) is 5.79. The predicted octanol–water partition coefficient (Wildman–Crippen LogP) is 0.249. The molecule has 0 bridgehead atoms. The molecule has 5 nitrogen and oxygen atoms in total. The summed E-state index contributed by atoms with van der Waals surface area (Å²) >= 11 is 0. The van der Waals surface area contributed by atoms with Gasteiger partial charge >= 0.3 is 6.09 Å². The molecule has 1 N–H and O–H groups in total. The molecule has 0 unspecified atom stereocenters. The zero-order valence-electron chi connectivity index (χ0n) is 6.11. The van der Waals surface area contributed by atoms with E-state index >= 15 is 0 Å². The summed E-state index contributed by atoms with van der Waals surface area (Å²) < 4.78 is 9.90. The number of nitrogens with zero attached hydrogens (tertiary/aromatic N) is 1. The topological polar surface area (TPSA) is 71.3 Å². The van der Waals surface area contributed by atoms with Gasteiger partial charge in [-0.1, -0.05) is 0 Å². The van der Waals surface area contributed by atoms with Crippen LogP contribution in [0.1, 0.15) is 6.42 Å². The van der Waals surface area contributed by atoms with Crippen molar-refractivity contribution >= 4 is 6.09 Å². The highest BCUT2D eigenvalue weighted by Gasteiger charge is 2.37. The van der Waals surface area contributed by atoms with Crippen molar-refractivity contribution in [3.63, 3.8) is 0 Å². The molecule has 0 aromatic rings. The molecule has 1 fully saturated rings. The molecule has 0 aliphatic carbocycles. The molecule has 5 heteroatoms. The fourth-order valence-corrected chi connectivity index (χ4v) is 1.20. The number of hydrogen-bond donors (Lipinski definition) is 1. The summed E-state index contributed by atoms with van der Waals surface area (Å²) in [5, 5.41) is 10.9. The number of allylic oxidation sites excluding steroid dienone is 1. The highest BCUT2D eigenvalue weighted by molar-refractivity contribution is 5.70. The van der Waals surface area contributed by atoms with Gasteiger partial charge in [0.2, 0.25) is 6.23 Å². The molecule has 62 valence electrons. The summed E-state index contributed by atoms with van der Waals surface area (Å²) in [6.45, 7) is 0. The lowest BCUT2D eigenvalue weighted by Crippen LogP contribution is -2.35. The Morgan fingerprint density at radius 1 is 1.67 bits per heavy atom. The summed E-state index contributed by atoms with van der Waals surface area (Å²) in [5.41, 5.74) is 0. The average Bonchev–Trinajstić information content (AvgIpc) is 2.43. The van der Waals surface area contributed by atoms with Crippen LogP contribution >= 0.6 is 0 Å². The van der Waals surface area contributed by atoms with Crippen molar-refractivity contribution in [2.75, 3.05) is 0 Å². The second-order valence-corrected chi connectivity index (χ2v) is 2.54. The minimum atomic E-state index is -0.489. The number of rotatable bonds is 0. The molecule has 0 aromatic heterocycles. The van der Waals surface area contributed by atoms with Gasteiger partial charge in [-0.25, -0.2) is 4.79 Å². The van der Waals surface area contributed by atoms with Crippen LogP contribution < -0.4 is 5.32 Å². The Hall–Kier alpha value is -1.70. The summed E-state index contributed by atoms with van der Waals surface area (Å²) in [6, 6.07) is 1.86. The number of alkyl carbamates (subject to hydrolysis) is 1. The Morgan fingerprint density at radius 2 is 2.50 bits per heavy atom. The Bertz CT molecular complexity index is 292. The van der Waals surface area contributed by atoms with Crippen molar-refractivity contribution in [3.05, 3.63) is 11.8 Å². The van der Waals surface area contributed by atoms with Crippen molar-refractivity contribution in [1.82, 2.24) is 5.32 Å². The maximum atomic E-state index is 10.7. The fraction of sp³-hybridized carbons (Fsp3) is 0.429. The molecule has 0 spiro atoms. The third-order valence-corrected chi connectivity index (χ3v) is 1.76. The SMILES string of the molecule is N#CC1=CC[C@H]2OC(=O)N[C@@H]2O1. The van der Waals surface area contributed by atoms with Gasteiger partial charge in [0.1, 0.15) is 6.07 Å². The van der Waals surface area contributed by atoms with Crippen molar-refractivity contribution < 1.29 is 14.3 Å². The van der Waals surface area contributed by atoms with E-state index < -0.39 is 12.3 Å². The van der Waals surface area contributed by atoms with Gasteiger partial charge in [0.05, 0.1) is 0 Å². The highest BCUT2D eigenvalue weighted by Crippen LogP contribution is 2.22. The number of hydrogen-bond acceptors (Lipinski definition) is 4. The Labute approximate surface area is 68.6 Å². The van der Waals surface area contributed by atoms with Gasteiger partial charge in [0.15, 0.2) is 11.9 Å². The molecule has 0 aromatic carbocycles. The molecule has 2 heterocycles. The number of amides is 1. The summed E-state index contributed by atoms with van der Waals surface area (Å²) in [4.78, 5) is 10.7. The molecular formula is C7H6N2O3. The van der Waals surface area contributed by atoms with E-state index in [9.17, 15) is 4.79 Å². The van der Waals surface area contributed by atoms with Crippen molar-refractivity contribution in [1.29, 1.82) is 5.26 Å². The smallest absolute Gasteiger partial charge is 0.410 e. The van der Waals surface area contributed by atoms with Crippen LogP contribution in [0.5, 0.6) is 0 Å². The average molecular weight is 166 g/mol. The van der Waals surface area contributed by atoms with Crippen LogP contribution in [0.2, 0.25) is 0 Å². The number of ether oxygens (including phenoxy) is 2. The number of fused-ring (bicyclic) bond motifs is 1. The molecule has 2 atom stereocenters.